The number of hydrogen-bond donors (Lipinski definition) is 2. The predicted molar refractivity (Wildman–Crippen MR) is 115 cm³/mol. The fourth-order valence-electron chi connectivity index (χ4n) is 2.97. The third-order valence-electron chi connectivity index (χ3n) is 4.65. The maximum atomic E-state index is 12.1. The average Bonchev–Trinajstić information content (AvgIpc) is 2.70. The molecule has 3 aromatic rings. The van der Waals surface area contributed by atoms with Gasteiger partial charge in [0.25, 0.3) is 0 Å². The summed E-state index contributed by atoms with van der Waals surface area (Å²) in [4.78, 5) is 24.1. The zero-order valence-electron chi connectivity index (χ0n) is 16.7. The van der Waals surface area contributed by atoms with E-state index in [1.165, 1.54) is 6.21 Å². The highest BCUT2D eigenvalue weighted by molar-refractivity contribution is 6.05. The van der Waals surface area contributed by atoms with Crippen molar-refractivity contribution >= 4 is 34.5 Å². The van der Waals surface area contributed by atoms with Crippen LogP contribution in [0.2, 0.25) is 0 Å². The molecule has 3 rings (SSSR count). The third-order valence-corrected chi connectivity index (χ3v) is 4.65. The molecule has 2 N–H and O–H groups in total. The summed E-state index contributed by atoms with van der Waals surface area (Å²) in [6.07, 6.45) is 1.21. The molecule has 0 aliphatic rings. The van der Waals surface area contributed by atoms with Crippen LogP contribution >= 0.6 is 0 Å². The zero-order chi connectivity index (χ0) is 20.8. The first-order valence-corrected chi connectivity index (χ1v) is 9.22. The first-order chi connectivity index (χ1) is 14.0. The van der Waals surface area contributed by atoms with Crippen LogP contribution in [0, 0.1) is 13.8 Å². The van der Waals surface area contributed by atoms with Crippen LogP contribution in [-0.2, 0) is 9.59 Å². The summed E-state index contributed by atoms with van der Waals surface area (Å²) in [6.45, 7) is 3.96. The van der Waals surface area contributed by atoms with Crippen LogP contribution in [0.25, 0.3) is 10.8 Å². The largest absolute Gasteiger partial charge is 0.496 e. The molecule has 0 aliphatic carbocycles. The molecule has 0 fully saturated rings. The van der Waals surface area contributed by atoms with Gasteiger partial charge in [-0.3, -0.25) is 9.59 Å². The van der Waals surface area contributed by atoms with Gasteiger partial charge in [0.1, 0.15) is 12.2 Å². The van der Waals surface area contributed by atoms with Crippen molar-refractivity contribution in [3.8, 4) is 5.75 Å². The summed E-state index contributed by atoms with van der Waals surface area (Å²) in [7, 11) is 1.58. The van der Waals surface area contributed by atoms with Crippen LogP contribution < -0.4 is 15.5 Å². The van der Waals surface area contributed by atoms with Gasteiger partial charge in [-0.2, -0.15) is 5.10 Å². The van der Waals surface area contributed by atoms with Crippen molar-refractivity contribution in [2.75, 3.05) is 12.4 Å². The Labute approximate surface area is 169 Å². The summed E-state index contributed by atoms with van der Waals surface area (Å²) in [5, 5.41) is 8.71. The van der Waals surface area contributed by atoms with E-state index in [1.54, 1.807) is 7.11 Å². The van der Waals surface area contributed by atoms with Gasteiger partial charge in [0.15, 0.2) is 0 Å². The number of fused-ring (bicyclic) bond motifs is 1. The SMILES string of the molecule is COc1ccc2ccccc2c1C=NNC(=O)CC(=O)Nc1ccc(C)c(C)c1. The molecule has 0 bridgehead atoms. The zero-order valence-corrected chi connectivity index (χ0v) is 16.7. The smallest absolute Gasteiger partial charge is 0.249 e. The van der Waals surface area contributed by atoms with Crippen molar-refractivity contribution in [3.63, 3.8) is 0 Å². The lowest BCUT2D eigenvalue weighted by Gasteiger charge is -2.08. The molecule has 0 spiro atoms. The minimum atomic E-state index is -0.498. The first-order valence-electron chi connectivity index (χ1n) is 9.22. The van der Waals surface area contributed by atoms with Gasteiger partial charge >= 0.3 is 0 Å². The Hall–Kier alpha value is -3.67. The molecule has 0 saturated carbocycles. The number of nitrogens with one attached hydrogen (secondary N) is 2. The molecule has 0 radical (unpaired) electrons. The average molecular weight is 389 g/mol. The molecule has 0 saturated heterocycles. The number of nitrogens with zero attached hydrogens (tertiary/aromatic N) is 1. The first kappa shape index (κ1) is 20.1. The van der Waals surface area contributed by atoms with Gasteiger partial charge in [0.2, 0.25) is 11.8 Å². The Kier molecular flexibility index (Phi) is 6.24. The van der Waals surface area contributed by atoms with E-state index in [1.807, 2.05) is 68.4 Å². The number of methoxy groups -OCH3 is 1. The molecule has 3 aromatic carbocycles. The van der Waals surface area contributed by atoms with Crippen LogP contribution in [0.4, 0.5) is 5.69 Å². The monoisotopic (exact) mass is 389 g/mol. The van der Waals surface area contributed by atoms with E-state index in [2.05, 4.69) is 15.8 Å². The second-order valence-corrected chi connectivity index (χ2v) is 6.72. The summed E-state index contributed by atoms with van der Waals surface area (Å²) in [5.41, 5.74) is 6.02. The van der Waals surface area contributed by atoms with Gasteiger partial charge in [-0.15, -0.1) is 0 Å². The van der Waals surface area contributed by atoms with Gasteiger partial charge in [0.05, 0.1) is 13.3 Å². The molecule has 148 valence electrons. The Balaban J connectivity index is 1.63. The van der Waals surface area contributed by atoms with Crippen LogP contribution in [0.3, 0.4) is 0 Å². The van der Waals surface area contributed by atoms with Crippen LogP contribution in [-0.4, -0.2) is 25.1 Å². The molecule has 0 unspecified atom stereocenters. The minimum absolute atomic E-state index is 0.322. The number of aryl methyl sites for hydroxylation is 2. The maximum Gasteiger partial charge on any atom is 0.249 e. The lowest BCUT2D eigenvalue weighted by molar-refractivity contribution is -0.126. The van der Waals surface area contributed by atoms with E-state index in [4.69, 9.17) is 4.74 Å². The lowest BCUT2D eigenvalue weighted by atomic mass is 10.0. The fourth-order valence-corrected chi connectivity index (χ4v) is 2.97. The van der Waals surface area contributed by atoms with E-state index in [-0.39, 0.29) is 6.42 Å². The summed E-state index contributed by atoms with van der Waals surface area (Å²) >= 11 is 0. The van der Waals surface area contributed by atoms with E-state index < -0.39 is 11.8 Å². The molecular formula is C23H23N3O3. The van der Waals surface area contributed by atoms with Crippen molar-refractivity contribution in [2.45, 2.75) is 20.3 Å². The van der Waals surface area contributed by atoms with Crippen LogP contribution in [0.1, 0.15) is 23.1 Å². The number of rotatable bonds is 6. The Morgan fingerprint density at radius 3 is 2.55 bits per heavy atom. The molecular weight excluding hydrogens is 366 g/mol. The highest BCUT2D eigenvalue weighted by Crippen LogP contribution is 2.26. The Bertz CT molecular complexity index is 1090. The van der Waals surface area contributed by atoms with Crippen molar-refractivity contribution in [1.82, 2.24) is 5.43 Å². The van der Waals surface area contributed by atoms with Gasteiger partial charge < -0.3 is 10.1 Å². The molecule has 0 aliphatic heterocycles. The van der Waals surface area contributed by atoms with Crippen molar-refractivity contribution < 1.29 is 14.3 Å². The van der Waals surface area contributed by atoms with E-state index in [9.17, 15) is 9.59 Å². The number of benzene rings is 3. The van der Waals surface area contributed by atoms with E-state index in [0.29, 0.717) is 11.4 Å². The normalized spacial score (nSPS) is 10.9. The van der Waals surface area contributed by atoms with Crippen molar-refractivity contribution in [3.05, 3.63) is 71.3 Å². The molecule has 0 atom stereocenters. The number of hydrogen-bond acceptors (Lipinski definition) is 4. The molecule has 29 heavy (non-hydrogen) atoms. The lowest BCUT2D eigenvalue weighted by Crippen LogP contribution is -2.24. The third kappa shape index (κ3) is 4.99. The minimum Gasteiger partial charge on any atom is -0.496 e. The molecule has 0 heterocycles. The second-order valence-electron chi connectivity index (χ2n) is 6.72. The second kappa shape index (κ2) is 9.01. The number of anilines is 1. The Morgan fingerprint density at radius 2 is 1.79 bits per heavy atom. The molecule has 0 aromatic heterocycles. The molecule has 6 heteroatoms. The van der Waals surface area contributed by atoms with Crippen LogP contribution in [0.15, 0.2) is 59.7 Å². The predicted octanol–water partition coefficient (Wildman–Crippen LogP) is 3.94. The number of ether oxygens (including phenoxy) is 1. The van der Waals surface area contributed by atoms with Crippen LogP contribution in [0.5, 0.6) is 5.75 Å². The van der Waals surface area contributed by atoms with E-state index in [0.717, 1.165) is 27.5 Å². The number of amides is 2. The quantitative estimate of drug-likeness (QED) is 0.381. The highest BCUT2D eigenvalue weighted by atomic mass is 16.5. The topological polar surface area (TPSA) is 79.8 Å². The highest BCUT2D eigenvalue weighted by Gasteiger charge is 2.10. The van der Waals surface area contributed by atoms with Gasteiger partial charge in [-0.05, 0) is 53.9 Å². The summed E-state index contributed by atoms with van der Waals surface area (Å²) in [6, 6.07) is 17.2. The molecule has 2 amide bonds. The fraction of sp³-hybridized carbons (Fsp3) is 0.174. The van der Waals surface area contributed by atoms with Crippen molar-refractivity contribution in [1.29, 1.82) is 0 Å². The summed E-state index contributed by atoms with van der Waals surface area (Å²) in [5.74, 6) is -0.250. The Morgan fingerprint density at radius 1 is 1.00 bits per heavy atom. The maximum absolute atomic E-state index is 12.1. The number of hydrazone groups is 1. The van der Waals surface area contributed by atoms with Gasteiger partial charge in [-0.25, -0.2) is 5.43 Å². The summed E-state index contributed by atoms with van der Waals surface area (Å²) < 4.78 is 5.39. The number of carbonyl (C=O) groups is 2. The standard InChI is InChI=1S/C23H23N3O3/c1-15-8-10-18(12-16(15)2)25-22(27)13-23(28)26-24-14-20-19-7-5-4-6-17(19)9-11-21(20)29-3/h4-12,14H,13H2,1-3H3,(H,25,27)(H,26,28). The van der Waals surface area contributed by atoms with E-state index >= 15 is 0 Å². The number of carbonyl (C=O) groups excluding carboxylic acids is 2. The molecule has 6 nitrogen and oxygen atoms in total. The van der Waals surface area contributed by atoms with Crippen molar-refractivity contribution in [2.24, 2.45) is 5.10 Å². The van der Waals surface area contributed by atoms with Gasteiger partial charge in [0, 0.05) is 11.3 Å². The van der Waals surface area contributed by atoms with Gasteiger partial charge in [-0.1, -0.05) is 36.4 Å².